The topological polar surface area (TPSA) is 52.0 Å². The lowest BCUT2D eigenvalue weighted by Crippen LogP contribution is -2.21. The summed E-state index contributed by atoms with van der Waals surface area (Å²) in [5, 5.41) is 3.01. The lowest BCUT2D eigenvalue weighted by molar-refractivity contribution is -0.114. The van der Waals surface area contributed by atoms with Crippen LogP contribution in [0.4, 0.5) is 0 Å². The molecule has 0 radical (unpaired) electrons. The highest BCUT2D eigenvalue weighted by Crippen LogP contribution is 2.23. The number of thioether (sulfide) groups is 1. The maximum atomic E-state index is 12.7. The molecule has 0 amide bonds. The summed E-state index contributed by atoms with van der Waals surface area (Å²) in [5.41, 5.74) is 0.660. The van der Waals surface area contributed by atoms with Gasteiger partial charge in [0.15, 0.2) is 5.16 Å². The van der Waals surface area contributed by atoms with Crippen LogP contribution in [-0.2, 0) is 4.79 Å². The van der Waals surface area contributed by atoms with Crippen molar-refractivity contribution in [2.24, 2.45) is 0 Å². The number of hydrogen-bond donors (Lipinski definition) is 0. The predicted molar refractivity (Wildman–Crippen MR) is 86.6 cm³/mol. The molecule has 2 aromatic heterocycles. The van der Waals surface area contributed by atoms with Gasteiger partial charge < -0.3 is 0 Å². The van der Waals surface area contributed by atoms with E-state index >= 15 is 0 Å². The Hall–Kier alpha value is -1.92. The first-order valence-corrected chi connectivity index (χ1v) is 8.21. The van der Waals surface area contributed by atoms with Crippen LogP contribution in [0.2, 0.25) is 0 Å². The highest BCUT2D eigenvalue weighted by molar-refractivity contribution is 7.99. The fraction of sp³-hybridized carbons (Fsp3) is 0.133. The molecule has 3 aromatic rings. The molecule has 0 aliphatic carbocycles. The molecule has 0 saturated carbocycles. The number of ketones is 1. The first-order valence-electron chi connectivity index (χ1n) is 6.35. The quantitative estimate of drug-likeness (QED) is 0.548. The van der Waals surface area contributed by atoms with Crippen LogP contribution in [0.15, 0.2) is 51.7 Å². The van der Waals surface area contributed by atoms with E-state index in [4.69, 9.17) is 0 Å². The van der Waals surface area contributed by atoms with Crippen molar-refractivity contribution in [2.45, 2.75) is 12.1 Å². The molecule has 6 heteroatoms. The fourth-order valence-corrected chi connectivity index (χ4v) is 3.58. The van der Waals surface area contributed by atoms with Crippen molar-refractivity contribution in [3.63, 3.8) is 0 Å². The predicted octanol–water partition coefficient (Wildman–Crippen LogP) is 3.13. The largest absolute Gasteiger partial charge is 0.299 e. The number of carbonyl (C=O) groups excluding carboxylic acids is 1. The Kier molecular flexibility index (Phi) is 3.90. The van der Waals surface area contributed by atoms with Gasteiger partial charge in [-0.3, -0.25) is 14.2 Å². The van der Waals surface area contributed by atoms with E-state index in [0.29, 0.717) is 21.1 Å². The van der Waals surface area contributed by atoms with Crippen LogP contribution in [0.1, 0.15) is 6.92 Å². The number of para-hydroxylation sites is 1. The van der Waals surface area contributed by atoms with Gasteiger partial charge in [-0.05, 0) is 30.5 Å². The Balaban J connectivity index is 2.23. The van der Waals surface area contributed by atoms with Gasteiger partial charge in [0.2, 0.25) is 0 Å². The van der Waals surface area contributed by atoms with Gasteiger partial charge in [-0.15, -0.1) is 11.3 Å². The van der Waals surface area contributed by atoms with Crippen molar-refractivity contribution in [3.8, 4) is 5.69 Å². The molecule has 0 saturated heterocycles. The molecule has 0 spiro atoms. The molecule has 0 fully saturated rings. The number of nitrogens with zero attached hydrogens (tertiary/aromatic N) is 2. The summed E-state index contributed by atoms with van der Waals surface area (Å²) in [7, 11) is 0. The van der Waals surface area contributed by atoms with Gasteiger partial charge in [-0.1, -0.05) is 30.0 Å². The Bertz CT molecular complexity index is 853. The summed E-state index contributed by atoms with van der Waals surface area (Å²) >= 11 is 2.72. The smallest absolute Gasteiger partial charge is 0.267 e. The van der Waals surface area contributed by atoms with Crippen LogP contribution < -0.4 is 5.56 Å². The third kappa shape index (κ3) is 2.77. The van der Waals surface area contributed by atoms with Crippen molar-refractivity contribution < 1.29 is 4.79 Å². The zero-order valence-electron chi connectivity index (χ0n) is 11.3. The van der Waals surface area contributed by atoms with E-state index in [-0.39, 0.29) is 11.3 Å². The molecule has 0 atom stereocenters. The van der Waals surface area contributed by atoms with E-state index in [2.05, 4.69) is 4.98 Å². The minimum atomic E-state index is -0.0986. The Morgan fingerprint density at radius 1 is 1.29 bits per heavy atom. The van der Waals surface area contributed by atoms with E-state index in [9.17, 15) is 9.59 Å². The van der Waals surface area contributed by atoms with Crippen molar-refractivity contribution in [3.05, 3.63) is 52.1 Å². The summed E-state index contributed by atoms with van der Waals surface area (Å²) in [4.78, 5) is 29.2. The molecular formula is C15H12N2O2S2. The van der Waals surface area contributed by atoms with Crippen LogP contribution in [0.25, 0.3) is 15.9 Å². The lowest BCUT2D eigenvalue weighted by Gasteiger charge is -2.11. The third-order valence-electron chi connectivity index (χ3n) is 2.89. The maximum Gasteiger partial charge on any atom is 0.267 e. The summed E-state index contributed by atoms with van der Waals surface area (Å²) in [6.45, 7) is 1.53. The average Bonchev–Trinajstić information content (AvgIpc) is 2.95. The number of rotatable bonds is 4. The first-order chi connectivity index (χ1) is 10.2. The summed E-state index contributed by atoms with van der Waals surface area (Å²) in [6, 6.07) is 11.2. The molecule has 0 aliphatic heterocycles. The van der Waals surface area contributed by atoms with Gasteiger partial charge >= 0.3 is 0 Å². The molecule has 0 unspecified atom stereocenters. The van der Waals surface area contributed by atoms with Crippen LogP contribution in [-0.4, -0.2) is 21.1 Å². The van der Waals surface area contributed by atoms with E-state index in [1.54, 1.807) is 10.6 Å². The number of hydrogen-bond acceptors (Lipinski definition) is 5. The second-order valence-electron chi connectivity index (χ2n) is 4.50. The second-order valence-corrected chi connectivity index (χ2v) is 6.34. The number of carbonyl (C=O) groups is 1. The van der Waals surface area contributed by atoms with E-state index in [1.165, 1.54) is 30.0 Å². The average molecular weight is 316 g/mol. The van der Waals surface area contributed by atoms with Gasteiger partial charge in [-0.2, -0.15) is 0 Å². The van der Waals surface area contributed by atoms with Crippen molar-refractivity contribution >= 4 is 39.1 Å². The molecule has 0 N–H and O–H groups in total. The number of fused-ring (bicyclic) bond motifs is 1. The molecule has 0 bridgehead atoms. The summed E-state index contributed by atoms with van der Waals surface area (Å²) < 4.78 is 1.57. The number of aromatic nitrogens is 2. The van der Waals surface area contributed by atoms with Crippen molar-refractivity contribution in [2.75, 3.05) is 5.75 Å². The summed E-state index contributed by atoms with van der Waals surface area (Å²) in [5.74, 6) is 0.357. The zero-order valence-corrected chi connectivity index (χ0v) is 12.9. The van der Waals surface area contributed by atoms with E-state index in [1.807, 2.05) is 35.7 Å². The highest BCUT2D eigenvalue weighted by atomic mass is 32.2. The van der Waals surface area contributed by atoms with E-state index < -0.39 is 0 Å². The Morgan fingerprint density at radius 2 is 2.05 bits per heavy atom. The van der Waals surface area contributed by atoms with Gasteiger partial charge in [0.25, 0.3) is 5.56 Å². The van der Waals surface area contributed by atoms with E-state index in [0.717, 1.165) is 5.69 Å². The zero-order chi connectivity index (χ0) is 14.8. The summed E-state index contributed by atoms with van der Waals surface area (Å²) in [6.07, 6.45) is 0. The number of thiophene rings is 1. The van der Waals surface area contributed by atoms with Gasteiger partial charge in [0.1, 0.15) is 10.6 Å². The lowest BCUT2D eigenvalue weighted by atomic mass is 10.3. The molecule has 0 aliphatic rings. The molecule has 21 heavy (non-hydrogen) atoms. The monoisotopic (exact) mass is 316 g/mol. The molecule has 2 heterocycles. The number of Topliss-reactive ketones (excluding diaryl/α,β-unsaturated/α-hetero) is 1. The molecular weight excluding hydrogens is 304 g/mol. The Labute approximate surface area is 129 Å². The van der Waals surface area contributed by atoms with Crippen molar-refractivity contribution in [1.29, 1.82) is 0 Å². The standard InChI is InChI=1S/C15H12N2O2S2/c1-10(18)9-21-15-16-13-12(7-8-20-13)14(19)17(15)11-5-3-2-4-6-11/h2-8H,9H2,1H3. The molecule has 1 aromatic carbocycles. The highest BCUT2D eigenvalue weighted by Gasteiger charge is 2.14. The molecule has 4 nitrogen and oxygen atoms in total. The van der Waals surface area contributed by atoms with Crippen LogP contribution in [0.3, 0.4) is 0 Å². The third-order valence-corrected chi connectivity index (χ3v) is 4.78. The molecule has 106 valence electrons. The minimum Gasteiger partial charge on any atom is -0.299 e. The SMILES string of the molecule is CC(=O)CSc1nc2sccc2c(=O)n1-c1ccccc1. The normalized spacial score (nSPS) is 10.9. The van der Waals surface area contributed by atoms with Gasteiger partial charge in [0.05, 0.1) is 16.8 Å². The van der Waals surface area contributed by atoms with Gasteiger partial charge in [-0.25, -0.2) is 4.98 Å². The van der Waals surface area contributed by atoms with Crippen LogP contribution in [0, 0.1) is 0 Å². The Morgan fingerprint density at radius 3 is 2.76 bits per heavy atom. The molecule has 3 rings (SSSR count). The first kappa shape index (κ1) is 14.0. The second kappa shape index (κ2) is 5.83. The maximum absolute atomic E-state index is 12.7. The van der Waals surface area contributed by atoms with Gasteiger partial charge in [0, 0.05) is 0 Å². The van der Waals surface area contributed by atoms with Crippen LogP contribution in [0.5, 0.6) is 0 Å². The van der Waals surface area contributed by atoms with Crippen molar-refractivity contribution in [1.82, 2.24) is 9.55 Å². The van der Waals surface area contributed by atoms with Crippen LogP contribution >= 0.6 is 23.1 Å². The fourth-order valence-electron chi connectivity index (χ4n) is 1.96. The minimum absolute atomic E-state index is 0.0557. The number of benzene rings is 1.